The highest BCUT2D eigenvalue weighted by Gasteiger charge is 2.45. The molecule has 2 rings (SSSR count). The second kappa shape index (κ2) is 2.46. The molecule has 0 aromatic rings. The van der Waals surface area contributed by atoms with Crippen LogP contribution in [0.3, 0.4) is 0 Å². The fourth-order valence-corrected chi connectivity index (χ4v) is 1.80. The van der Waals surface area contributed by atoms with Gasteiger partial charge in [0.15, 0.2) is 0 Å². The number of fused-ring (bicyclic) bond motifs is 1. The first-order valence-corrected chi connectivity index (χ1v) is 3.98. The molecule has 11 heavy (non-hydrogen) atoms. The molecule has 2 saturated heterocycles. The third-order valence-corrected chi connectivity index (χ3v) is 2.45. The van der Waals surface area contributed by atoms with Crippen LogP contribution in [0, 0.1) is 5.92 Å². The van der Waals surface area contributed by atoms with Crippen molar-refractivity contribution in [1.82, 2.24) is 10.6 Å². The summed E-state index contributed by atoms with van der Waals surface area (Å²) in [6.45, 7) is 0.951. The highest BCUT2D eigenvalue weighted by Crippen LogP contribution is 2.27. The first kappa shape index (κ1) is 7.06. The average molecular weight is 156 g/mol. The maximum atomic E-state index is 10.4. The second-order valence-corrected chi connectivity index (χ2v) is 3.27. The summed E-state index contributed by atoms with van der Waals surface area (Å²) in [6, 6.07) is 0.430. The van der Waals surface area contributed by atoms with Gasteiger partial charge in [-0.25, -0.2) is 0 Å². The third kappa shape index (κ3) is 1.36. The molecule has 2 heterocycles. The van der Waals surface area contributed by atoms with Crippen molar-refractivity contribution in [3.63, 3.8) is 0 Å². The monoisotopic (exact) mass is 156 g/mol. The number of rotatable bonds is 2. The number of hydrogen-bond acceptors (Lipinski definition) is 3. The number of carbonyl (C=O) groups is 1. The minimum Gasteiger partial charge on any atom is -0.481 e. The van der Waals surface area contributed by atoms with Gasteiger partial charge in [0.2, 0.25) is 0 Å². The Morgan fingerprint density at radius 3 is 3.18 bits per heavy atom. The van der Waals surface area contributed by atoms with Gasteiger partial charge in [0.1, 0.15) is 0 Å². The Morgan fingerprint density at radius 2 is 2.45 bits per heavy atom. The molecule has 0 aromatic heterocycles. The zero-order chi connectivity index (χ0) is 7.84. The van der Waals surface area contributed by atoms with Crippen molar-refractivity contribution in [2.24, 2.45) is 5.92 Å². The van der Waals surface area contributed by atoms with E-state index in [0.717, 1.165) is 13.0 Å². The summed E-state index contributed by atoms with van der Waals surface area (Å²) in [4.78, 5) is 10.4. The Kier molecular flexibility index (Phi) is 1.58. The molecule has 3 N–H and O–H groups in total. The summed E-state index contributed by atoms with van der Waals surface area (Å²) in [6.07, 6.45) is 1.71. The van der Waals surface area contributed by atoms with Crippen LogP contribution in [0.4, 0.5) is 0 Å². The molecule has 4 heteroatoms. The topological polar surface area (TPSA) is 71.3 Å². The summed E-state index contributed by atoms with van der Waals surface area (Å²) in [5, 5.41) is 15.0. The Balaban J connectivity index is 1.88. The van der Waals surface area contributed by atoms with Gasteiger partial charge in [0.25, 0.3) is 0 Å². The smallest absolute Gasteiger partial charge is 0.303 e. The van der Waals surface area contributed by atoms with E-state index in [0.29, 0.717) is 24.5 Å². The molecule has 62 valence electrons. The van der Waals surface area contributed by atoms with Gasteiger partial charge in [0.05, 0.1) is 6.17 Å². The van der Waals surface area contributed by atoms with Crippen LogP contribution in [-0.4, -0.2) is 29.8 Å². The number of piperidine rings is 1. The minimum absolute atomic E-state index is 0.315. The lowest BCUT2D eigenvalue weighted by Gasteiger charge is -2.17. The number of aliphatic carboxylic acids is 1. The molecule has 2 aliphatic rings. The maximum absolute atomic E-state index is 10.4. The molecule has 3 atom stereocenters. The van der Waals surface area contributed by atoms with Crippen LogP contribution in [0.5, 0.6) is 0 Å². The summed E-state index contributed by atoms with van der Waals surface area (Å²) in [7, 11) is 0. The molecule has 0 bridgehead atoms. The highest BCUT2D eigenvalue weighted by molar-refractivity contribution is 5.67. The SMILES string of the molecule is O=C(O)CC1CCNC2NC12. The minimum atomic E-state index is -0.677. The first-order valence-electron chi connectivity index (χ1n) is 3.98. The van der Waals surface area contributed by atoms with Crippen molar-refractivity contribution in [3.8, 4) is 0 Å². The summed E-state index contributed by atoms with van der Waals surface area (Å²) >= 11 is 0. The van der Waals surface area contributed by atoms with Gasteiger partial charge in [-0.1, -0.05) is 0 Å². The molecular formula is C7H12N2O2. The van der Waals surface area contributed by atoms with Gasteiger partial charge < -0.3 is 10.4 Å². The average Bonchev–Trinajstić information content (AvgIpc) is 2.65. The molecule has 4 nitrogen and oxygen atoms in total. The molecule has 2 aliphatic heterocycles. The first-order chi connectivity index (χ1) is 5.27. The Hall–Kier alpha value is -0.610. The lowest BCUT2D eigenvalue weighted by atomic mass is 9.94. The molecule has 0 spiro atoms. The van der Waals surface area contributed by atoms with E-state index < -0.39 is 5.97 Å². The largest absolute Gasteiger partial charge is 0.481 e. The quantitative estimate of drug-likeness (QED) is 0.465. The van der Waals surface area contributed by atoms with Crippen LogP contribution in [0.15, 0.2) is 0 Å². The van der Waals surface area contributed by atoms with Crippen LogP contribution in [0.25, 0.3) is 0 Å². The predicted octanol–water partition coefficient (Wildman–Crippen LogP) is -0.631. The molecule has 3 unspecified atom stereocenters. The van der Waals surface area contributed by atoms with E-state index in [4.69, 9.17) is 5.11 Å². The van der Waals surface area contributed by atoms with Crippen molar-refractivity contribution in [3.05, 3.63) is 0 Å². The fourth-order valence-electron chi connectivity index (χ4n) is 1.80. The number of carboxylic acids is 1. The fraction of sp³-hybridized carbons (Fsp3) is 0.857. The van der Waals surface area contributed by atoms with E-state index in [2.05, 4.69) is 10.6 Å². The van der Waals surface area contributed by atoms with Gasteiger partial charge in [-0.05, 0) is 18.9 Å². The van der Waals surface area contributed by atoms with Gasteiger partial charge >= 0.3 is 5.97 Å². The van der Waals surface area contributed by atoms with E-state index in [1.165, 1.54) is 0 Å². The van der Waals surface area contributed by atoms with Gasteiger partial charge in [0, 0.05) is 12.5 Å². The van der Waals surface area contributed by atoms with Crippen molar-refractivity contribution in [1.29, 1.82) is 0 Å². The van der Waals surface area contributed by atoms with Gasteiger partial charge in [-0.15, -0.1) is 0 Å². The maximum Gasteiger partial charge on any atom is 0.303 e. The van der Waals surface area contributed by atoms with E-state index in [9.17, 15) is 4.79 Å². The number of carboxylic acid groups (broad SMARTS) is 1. The van der Waals surface area contributed by atoms with E-state index in [1.54, 1.807) is 0 Å². The summed E-state index contributed by atoms with van der Waals surface area (Å²) in [5.41, 5.74) is 0. The molecule has 0 radical (unpaired) electrons. The standard InChI is InChI=1S/C7H12N2O2/c10-5(11)3-4-1-2-8-7-6(4)9-7/h4,6-9H,1-3H2,(H,10,11). The lowest BCUT2D eigenvalue weighted by molar-refractivity contribution is -0.138. The summed E-state index contributed by atoms with van der Waals surface area (Å²) in [5.74, 6) is -0.330. The lowest BCUT2D eigenvalue weighted by Crippen LogP contribution is -2.33. The van der Waals surface area contributed by atoms with Crippen LogP contribution < -0.4 is 10.6 Å². The second-order valence-electron chi connectivity index (χ2n) is 3.27. The van der Waals surface area contributed by atoms with Gasteiger partial charge in [-0.2, -0.15) is 0 Å². The van der Waals surface area contributed by atoms with Crippen molar-refractivity contribution in [2.75, 3.05) is 6.54 Å². The van der Waals surface area contributed by atoms with E-state index in [1.807, 2.05) is 0 Å². The number of hydrogen-bond donors (Lipinski definition) is 3. The van der Waals surface area contributed by atoms with Gasteiger partial charge in [-0.3, -0.25) is 10.1 Å². The van der Waals surface area contributed by atoms with Crippen LogP contribution >= 0.6 is 0 Å². The van der Waals surface area contributed by atoms with E-state index >= 15 is 0 Å². The molecule has 2 fully saturated rings. The van der Waals surface area contributed by atoms with Crippen LogP contribution in [-0.2, 0) is 4.79 Å². The molecule has 0 saturated carbocycles. The molecule has 0 amide bonds. The van der Waals surface area contributed by atoms with Crippen LogP contribution in [0.2, 0.25) is 0 Å². The molecular weight excluding hydrogens is 144 g/mol. The molecule has 0 aromatic carbocycles. The Bertz CT molecular complexity index is 183. The zero-order valence-corrected chi connectivity index (χ0v) is 6.21. The third-order valence-electron chi connectivity index (χ3n) is 2.45. The Labute approximate surface area is 65.0 Å². The Morgan fingerprint density at radius 1 is 1.64 bits per heavy atom. The van der Waals surface area contributed by atoms with Crippen molar-refractivity contribution < 1.29 is 9.90 Å². The zero-order valence-electron chi connectivity index (χ0n) is 6.21. The van der Waals surface area contributed by atoms with Crippen molar-refractivity contribution in [2.45, 2.75) is 25.0 Å². The normalized spacial score (nSPS) is 41.3. The summed E-state index contributed by atoms with van der Waals surface area (Å²) < 4.78 is 0. The number of nitrogens with one attached hydrogen (secondary N) is 2. The van der Waals surface area contributed by atoms with Crippen LogP contribution in [0.1, 0.15) is 12.8 Å². The predicted molar refractivity (Wildman–Crippen MR) is 39.1 cm³/mol. The van der Waals surface area contributed by atoms with E-state index in [-0.39, 0.29) is 0 Å². The highest BCUT2D eigenvalue weighted by atomic mass is 16.4. The van der Waals surface area contributed by atoms with Crippen molar-refractivity contribution >= 4 is 5.97 Å². The molecule has 0 aliphatic carbocycles.